The lowest BCUT2D eigenvalue weighted by molar-refractivity contribution is 0.260. The Balaban J connectivity index is 1.43. The second kappa shape index (κ2) is 18.8. The van der Waals surface area contributed by atoms with Gasteiger partial charge in [-0.25, -0.2) is 0 Å². The molecule has 0 radical (unpaired) electrons. The molecule has 11 heteroatoms. The van der Waals surface area contributed by atoms with Crippen LogP contribution in [0.25, 0.3) is 51.4 Å². The van der Waals surface area contributed by atoms with Gasteiger partial charge in [0, 0.05) is 29.3 Å². The molecule has 0 aliphatic carbocycles. The minimum absolute atomic E-state index is 0.643. The number of hydrogen-bond acceptors (Lipinski definition) is 9. The molecule has 5 aromatic heterocycles. The largest absolute Gasteiger partial charge is 0.489 e. The van der Waals surface area contributed by atoms with E-state index in [1.54, 1.807) is 45.3 Å². The van der Waals surface area contributed by atoms with Gasteiger partial charge in [-0.2, -0.15) is 8.75 Å². The number of aromatic nitrogens is 2. The summed E-state index contributed by atoms with van der Waals surface area (Å²) < 4.78 is 26.0. The molecule has 1 aromatic carbocycles. The summed E-state index contributed by atoms with van der Waals surface area (Å²) >= 11 is 15.6. The first kappa shape index (κ1) is 37.2. The molecule has 0 aliphatic rings. The molecule has 0 amide bonds. The van der Waals surface area contributed by atoms with Crippen molar-refractivity contribution >= 4 is 100.0 Å². The molecule has 0 bridgehead atoms. The van der Waals surface area contributed by atoms with E-state index in [1.807, 2.05) is 0 Å². The van der Waals surface area contributed by atoms with Crippen molar-refractivity contribution in [3.05, 3.63) is 56.1 Å². The van der Waals surface area contributed by atoms with Gasteiger partial charge < -0.3 is 9.47 Å². The Morgan fingerprint density at radius 1 is 0.469 bits per heavy atom. The fraction of sp³-hybridized carbons (Fsp3) is 0.421. The van der Waals surface area contributed by atoms with Gasteiger partial charge in [0.05, 0.1) is 43.6 Å². The third-order valence-electron chi connectivity index (χ3n) is 8.45. The Hall–Kier alpha value is -1.60. The zero-order valence-corrected chi connectivity index (χ0v) is 35.3. The predicted octanol–water partition coefficient (Wildman–Crippen LogP) is 15.6. The van der Waals surface area contributed by atoms with Crippen molar-refractivity contribution in [1.29, 1.82) is 0 Å². The minimum Gasteiger partial charge on any atom is -0.489 e. The molecule has 0 saturated heterocycles. The number of hydrogen-bond donors (Lipinski definition) is 0. The molecular formula is C38H42Br2N2O2S5. The molecule has 6 rings (SSSR count). The molecule has 0 fully saturated rings. The fourth-order valence-corrected chi connectivity index (χ4v) is 11.5. The first-order valence-corrected chi connectivity index (χ1v) is 22.9. The fourth-order valence-electron chi connectivity index (χ4n) is 5.91. The Bertz CT molecular complexity index is 1780. The van der Waals surface area contributed by atoms with Crippen molar-refractivity contribution in [2.45, 2.75) is 90.9 Å². The van der Waals surface area contributed by atoms with Crippen LogP contribution in [0.3, 0.4) is 0 Å². The summed E-state index contributed by atoms with van der Waals surface area (Å²) in [6.45, 7) is 5.82. The molecule has 49 heavy (non-hydrogen) atoms. The number of fused-ring (bicyclic) bond motifs is 1. The molecule has 0 atom stereocenters. The number of rotatable bonds is 20. The average molecular weight is 879 g/mol. The van der Waals surface area contributed by atoms with Crippen LogP contribution in [-0.4, -0.2) is 22.0 Å². The molecule has 0 unspecified atom stereocenters. The molecule has 6 aromatic rings. The summed E-state index contributed by atoms with van der Waals surface area (Å²) in [4.78, 5) is 7.20. The molecule has 0 N–H and O–H groups in total. The van der Waals surface area contributed by atoms with Crippen molar-refractivity contribution in [2.75, 3.05) is 13.2 Å². The molecule has 5 heterocycles. The number of unbranched alkanes of at least 4 members (excludes halogenated alkanes) is 10. The maximum absolute atomic E-state index is 6.91. The summed E-state index contributed by atoms with van der Waals surface area (Å²) in [5, 5.41) is 0. The van der Waals surface area contributed by atoms with Crippen LogP contribution in [0.4, 0.5) is 0 Å². The second-order valence-electron chi connectivity index (χ2n) is 12.1. The van der Waals surface area contributed by atoms with Crippen LogP contribution in [0, 0.1) is 0 Å². The van der Waals surface area contributed by atoms with Gasteiger partial charge in [0.1, 0.15) is 11.0 Å². The van der Waals surface area contributed by atoms with Crippen LogP contribution in [0.5, 0.6) is 11.5 Å². The van der Waals surface area contributed by atoms with Gasteiger partial charge in [-0.05, 0) is 93.2 Å². The van der Waals surface area contributed by atoms with E-state index in [0.29, 0.717) is 13.2 Å². The van der Waals surface area contributed by atoms with Gasteiger partial charge in [-0.1, -0.05) is 78.1 Å². The highest BCUT2D eigenvalue weighted by atomic mass is 79.9. The lowest BCUT2D eigenvalue weighted by Gasteiger charge is -2.20. The minimum atomic E-state index is 0.643. The smallest absolute Gasteiger partial charge is 0.172 e. The monoisotopic (exact) mass is 876 g/mol. The third kappa shape index (κ3) is 9.45. The van der Waals surface area contributed by atoms with Crippen LogP contribution in [0.1, 0.15) is 90.9 Å². The Kier molecular flexibility index (Phi) is 14.2. The zero-order chi connectivity index (χ0) is 34.0. The SMILES string of the molecule is CCCCCCCCOc1c(OCCCCCCCC)c(-c2ccc(-c3ccc(Br)s3)s2)c2nsnc2c1-c1ccc(-c2ccc(Br)s2)s1. The predicted molar refractivity (Wildman–Crippen MR) is 224 cm³/mol. The summed E-state index contributed by atoms with van der Waals surface area (Å²) in [5.41, 5.74) is 3.78. The summed E-state index contributed by atoms with van der Waals surface area (Å²) in [5.74, 6) is 1.62. The van der Waals surface area contributed by atoms with E-state index in [0.717, 1.165) is 76.7 Å². The van der Waals surface area contributed by atoms with Crippen LogP contribution >= 0.6 is 88.9 Å². The average Bonchev–Trinajstić information content (AvgIpc) is 3.95. The Morgan fingerprint density at radius 3 is 1.24 bits per heavy atom. The maximum atomic E-state index is 6.91. The Labute approximate surface area is 327 Å². The molecule has 4 nitrogen and oxygen atoms in total. The van der Waals surface area contributed by atoms with Crippen LogP contribution < -0.4 is 9.47 Å². The first-order valence-electron chi connectivity index (χ1n) is 17.4. The van der Waals surface area contributed by atoms with Crippen LogP contribution in [0.2, 0.25) is 0 Å². The van der Waals surface area contributed by atoms with Crippen molar-refractivity contribution in [1.82, 2.24) is 8.75 Å². The summed E-state index contributed by atoms with van der Waals surface area (Å²) in [7, 11) is 0. The van der Waals surface area contributed by atoms with Crippen molar-refractivity contribution in [3.8, 4) is 51.9 Å². The summed E-state index contributed by atoms with van der Waals surface area (Å²) in [6.07, 6.45) is 14.5. The van der Waals surface area contributed by atoms with Gasteiger partial charge in [-0.15, -0.1) is 45.3 Å². The van der Waals surface area contributed by atoms with Gasteiger partial charge in [-0.3, -0.25) is 0 Å². The van der Waals surface area contributed by atoms with E-state index in [1.165, 1.54) is 82.6 Å². The van der Waals surface area contributed by atoms with Gasteiger partial charge >= 0.3 is 0 Å². The lowest BCUT2D eigenvalue weighted by Crippen LogP contribution is -2.06. The first-order chi connectivity index (χ1) is 24.1. The maximum Gasteiger partial charge on any atom is 0.172 e. The van der Waals surface area contributed by atoms with Gasteiger partial charge in [0.25, 0.3) is 0 Å². The quantitative estimate of drug-likeness (QED) is 0.0717. The van der Waals surface area contributed by atoms with E-state index < -0.39 is 0 Å². The van der Waals surface area contributed by atoms with Crippen LogP contribution in [-0.2, 0) is 0 Å². The highest BCUT2D eigenvalue weighted by Gasteiger charge is 2.29. The van der Waals surface area contributed by atoms with Gasteiger partial charge in [0.15, 0.2) is 11.5 Å². The zero-order valence-electron chi connectivity index (χ0n) is 28.0. The highest BCUT2D eigenvalue weighted by Crippen LogP contribution is 2.54. The van der Waals surface area contributed by atoms with Crippen molar-refractivity contribution in [2.24, 2.45) is 0 Å². The topological polar surface area (TPSA) is 44.2 Å². The van der Waals surface area contributed by atoms with E-state index in [-0.39, 0.29) is 0 Å². The summed E-state index contributed by atoms with van der Waals surface area (Å²) in [6, 6.07) is 17.5. The molecule has 0 saturated carbocycles. The van der Waals surface area contributed by atoms with Crippen molar-refractivity contribution < 1.29 is 9.47 Å². The standard InChI is InChI=1S/C38H42Br2N2O2S5/c1-3-5-7-9-11-13-23-43-37-33(29-17-15-25(45-29)27-19-21-31(39)47-27)35-36(42-49-41-35)34(38(37)44-24-14-12-10-8-6-4-2)30-18-16-26(46-30)28-20-22-32(40)48-28/h15-22H,3-14,23-24H2,1-2H3. The van der Waals surface area contributed by atoms with Gasteiger partial charge in [0.2, 0.25) is 0 Å². The van der Waals surface area contributed by atoms with E-state index in [2.05, 4.69) is 94.2 Å². The molecule has 260 valence electrons. The second-order valence-corrected chi connectivity index (χ2v) is 19.8. The number of halogens is 2. The third-order valence-corrected chi connectivity index (χ3v) is 14.8. The van der Waals surface area contributed by atoms with E-state index >= 15 is 0 Å². The normalized spacial score (nSPS) is 11.6. The number of thiophene rings is 4. The Morgan fingerprint density at radius 2 is 0.837 bits per heavy atom. The highest BCUT2D eigenvalue weighted by molar-refractivity contribution is 9.11. The molecular weight excluding hydrogens is 837 g/mol. The number of ether oxygens (including phenoxy) is 2. The van der Waals surface area contributed by atoms with E-state index in [4.69, 9.17) is 18.2 Å². The lowest BCUT2D eigenvalue weighted by atomic mass is 10.0. The van der Waals surface area contributed by atoms with Crippen LogP contribution in [0.15, 0.2) is 56.1 Å². The van der Waals surface area contributed by atoms with Crippen molar-refractivity contribution in [3.63, 3.8) is 0 Å². The molecule has 0 spiro atoms. The number of nitrogens with zero attached hydrogens (tertiary/aromatic N) is 2. The number of benzene rings is 1. The molecule has 0 aliphatic heterocycles. The van der Waals surface area contributed by atoms with E-state index in [9.17, 15) is 0 Å².